The molecule has 0 atom stereocenters. The van der Waals surface area contributed by atoms with E-state index in [1.165, 1.54) is 77.2 Å². The van der Waals surface area contributed by atoms with Gasteiger partial charge in [0.2, 0.25) is 0 Å². The number of rotatable bonds is 7. The molecular formula is C66H49N3. The van der Waals surface area contributed by atoms with Gasteiger partial charge in [-0.2, -0.15) is 5.26 Å². The van der Waals surface area contributed by atoms with Gasteiger partial charge in [0.25, 0.3) is 0 Å². The summed E-state index contributed by atoms with van der Waals surface area (Å²) >= 11 is 0. The topological polar surface area (TPSA) is 33.6 Å². The predicted molar refractivity (Wildman–Crippen MR) is 291 cm³/mol. The Morgan fingerprint density at radius 3 is 1.03 bits per heavy atom. The summed E-state index contributed by atoms with van der Waals surface area (Å²) < 4.78 is 5.01. The predicted octanol–water partition coefficient (Wildman–Crippen LogP) is 17.6. The largest absolute Gasteiger partial charge is 0.309 e. The highest BCUT2D eigenvalue weighted by Crippen LogP contribution is 2.44. The molecule has 0 saturated heterocycles. The molecule has 69 heavy (non-hydrogen) atoms. The van der Waals surface area contributed by atoms with Crippen LogP contribution in [0.2, 0.25) is 0 Å². The van der Waals surface area contributed by atoms with Crippen molar-refractivity contribution in [2.24, 2.45) is 0 Å². The highest BCUT2D eigenvalue weighted by Gasteiger charge is 2.24. The summed E-state index contributed by atoms with van der Waals surface area (Å²) in [5.41, 5.74) is 24.8. The van der Waals surface area contributed by atoms with E-state index >= 15 is 0 Å². The molecule has 0 aliphatic heterocycles. The quantitative estimate of drug-likeness (QED) is 0.157. The molecule has 2 heterocycles. The first-order valence-electron chi connectivity index (χ1n) is 23.8. The molecule has 0 fully saturated rings. The van der Waals surface area contributed by atoms with Crippen LogP contribution in [0.5, 0.6) is 0 Å². The maximum absolute atomic E-state index is 10.3. The van der Waals surface area contributed by atoms with Crippen LogP contribution in [-0.4, -0.2) is 9.13 Å². The molecule has 328 valence electrons. The van der Waals surface area contributed by atoms with Gasteiger partial charge >= 0.3 is 0 Å². The van der Waals surface area contributed by atoms with Crippen LogP contribution < -0.4 is 0 Å². The third kappa shape index (κ3) is 7.21. The van der Waals surface area contributed by atoms with Crippen LogP contribution in [0, 0.1) is 45.9 Å². The molecule has 2 aromatic heterocycles. The highest BCUT2D eigenvalue weighted by atomic mass is 15.0. The molecule has 0 bridgehead atoms. The minimum absolute atomic E-state index is 0.625. The second-order valence-corrected chi connectivity index (χ2v) is 18.9. The number of fused-ring (bicyclic) bond motifs is 6. The van der Waals surface area contributed by atoms with Gasteiger partial charge in [-0.1, -0.05) is 186 Å². The number of aryl methyl sites for hydroxylation is 4. The molecule has 0 unspecified atom stereocenters. The fourth-order valence-electron chi connectivity index (χ4n) is 10.4. The van der Waals surface area contributed by atoms with Gasteiger partial charge in [-0.3, -0.25) is 0 Å². The third-order valence-electron chi connectivity index (χ3n) is 14.2. The van der Waals surface area contributed by atoms with E-state index in [1.807, 2.05) is 18.2 Å². The Hall–Kier alpha value is -8.71. The van der Waals surface area contributed by atoms with Crippen molar-refractivity contribution in [1.29, 1.82) is 5.26 Å². The van der Waals surface area contributed by atoms with Crippen LogP contribution in [0.3, 0.4) is 0 Å². The van der Waals surface area contributed by atoms with Crippen LogP contribution >= 0.6 is 0 Å². The van der Waals surface area contributed by atoms with E-state index in [4.69, 9.17) is 0 Å². The standard InChI is InChI=1S/C66H49N3/c1-41-9-17-47(18-10-41)51-25-29-57-58-30-26-52(48-19-11-42(2)12-20-48)37-63(58)68(62(57)36-51)61-34-33-56(55-8-6-7-46(35-55)40-67)66(45(61)5)69-64-38-53(49-21-13-43(3)14-22-49)27-31-59(64)60-32-28-54(39-65(60)69)50-23-15-44(4)16-24-50/h6-39H,1-5H3. The SMILES string of the molecule is Cc1ccc(-c2ccc3c4ccc(-c5ccc(C)cc5)cc4n(-c4ccc(-c5cccc(C#N)c5)c(-n5c6cc(-c7ccc(C)cc7)ccc6c6ccc(-c7ccc(C)cc7)cc65)c4C)c3c2)cc1. The van der Waals surface area contributed by atoms with Gasteiger partial charge in [-0.25, -0.2) is 0 Å². The zero-order valence-electron chi connectivity index (χ0n) is 39.5. The van der Waals surface area contributed by atoms with E-state index in [2.05, 4.69) is 238 Å². The molecule has 0 aliphatic rings. The lowest BCUT2D eigenvalue weighted by molar-refractivity contribution is 1.10. The first-order valence-corrected chi connectivity index (χ1v) is 23.8. The summed E-state index contributed by atoms with van der Waals surface area (Å²) in [5, 5.41) is 15.0. The van der Waals surface area contributed by atoms with Crippen molar-refractivity contribution in [2.45, 2.75) is 34.6 Å². The number of aromatic nitrogens is 2. The molecule has 3 nitrogen and oxygen atoms in total. The Kier molecular flexibility index (Phi) is 10.0. The Labute approximate surface area is 403 Å². The summed E-state index contributed by atoms with van der Waals surface area (Å²) in [6.45, 7) is 10.8. The van der Waals surface area contributed by atoms with E-state index in [0.29, 0.717) is 5.56 Å². The number of hydrogen-bond acceptors (Lipinski definition) is 1. The second kappa shape index (κ2) is 16.6. The fourth-order valence-corrected chi connectivity index (χ4v) is 10.4. The minimum atomic E-state index is 0.625. The molecule has 10 aromatic carbocycles. The zero-order valence-corrected chi connectivity index (χ0v) is 39.5. The van der Waals surface area contributed by atoms with E-state index in [0.717, 1.165) is 61.3 Å². The monoisotopic (exact) mass is 883 g/mol. The number of benzene rings is 10. The van der Waals surface area contributed by atoms with E-state index in [-0.39, 0.29) is 0 Å². The number of nitriles is 1. The Bertz CT molecular complexity index is 3820. The van der Waals surface area contributed by atoms with Gasteiger partial charge in [-0.05, 0) is 133 Å². The normalized spacial score (nSPS) is 11.5. The van der Waals surface area contributed by atoms with Crippen LogP contribution in [0.15, 0.2) is 206 Å². The fraction of sp³-hybridized carbons (Fsp3) is 0.0758. The lowest BCUT2D eigenvalue weighted by atomic mass is 9.96. The van der Waals surface area contributed by atoms with Crippen LogP contribution in [0.25, 0.3) is 111 Å². The smallest absolute Gasteiger partial charge is 0.0991 e. The molecule has 0 spiro atoms. The lowest BCUT2D eigenvalue weighted by Crippen LogP contribution is -2.06. The van der Waals surface area contributed by atoms with Crippen LogP contribution in [-0.2, 0) is 0 Å². The molecule has 0 amide bonds. The molecule has 12 aromatic rings. The molecule has 12 rings (SSSR count). The molecule has 0 saturated carbocycles. The summed E-state index contributed by atoms with van der Waals surface area (Å²) in [5.74, 6) is 0. The highest BCUT2D eigenvalue weighted by molar-refractivity contribution is 6.13. The van der Waals surface area contributed by atoms with Gasteiger partial charge in [0, 0.05) is 27.1 Å². The summed E-state index contributed by atoms with van der Waals surface area (Å²) in [7, 11) is 0. The van der Waals surface area contributed by atoms with Crippen LogP contribution in [0.1, 0.15) is 33.4 Å². The zero-order chi connectivity index (χ0) is 46.9. The average molecular weight is 884 g/mol. The van der Waals surface area contributed by atoms with Crippen molar-refractivity contribution in [3.63, 3.8) is 0 Å². The molecule has 0 radical (unpaired) electrons. The second-order valence-electron chi connectivity index (χ2n) is 18.9. The maximum atomic E-state index is 10.3. The Balaban J connectivity index is 1.21. The van der Waals surface area contributed by atoms with E-state index in [1.54, 1.807) is 0 Å². The van der Waals surface area contributed by atoms with Crippen molar-refractivity contribution in [3.05, 3.63) is 240 Å². The molecule has 0 aliphatic carbocycles. The van der Waals surface area contributed by atoms with Gasteiger partial charge in [-0.15, -0.1) is 0 Å². The molecular weight excluding hydrogens is 835 g/mol. The number of nitrogens with zero attached hydrogens (tertiary/aromatic N) is 3. The van der Waals surface area contributed by atoms with E-state index < -0.39 is 0 Å². The summed E-state index contributed by atoms with van der Waals surface area (Å²) in [6.07, 6.45) is 0. The van der Waals surface area contributed by atoms with Crippen molar-refractivity contribution < 1.29 is 0 Å². The van der Waals surface area contributed by atoms with Gasteiger partial charge in [0.1, 0.15) is 0 Å². The van der Waals surface area contributed by atoms with Gasteiger partial charge < -0.3 is 9.13 Å². The average Bonchev–Trinajstić information content (AvgIpc) is 3.88. The van der Waals surface area contributed by atoms with Crippen LogP contribution in [0.4, 0.5) is 0 Å². The Morgan fingerprint density at radius 2 is 0.667 bits per heavy atom. The van der Waals surface area contributed by atoms with Crippen molar-refractivity contribution in [1.82, 2.24) is 9.13 Å². The first-order chi connectivity index (χ1) is 33.7. The molecule has 3 heteroatoms. The lowest BCUT2D eigenvalue weighted by Gasteiger charge is -2.22. The maximum Gasteiger partial charge on any atom is 0.0991 e. The van der Waals surface area contributed by atoms with Crippen molar-refractivity contribution in [2.75, 3.05) is 0 Å². The summed E-state index contributed by atoms with van der Waals surface area (Å²) in [6, 6.07) is 78.2. The van der Waals surface area contributed by atoms with Gasteiger partial charge in [0.15, 0.2) is 0 Å². The van der Waals surface area contributed by atoms with Crippen molar-refractivity contribution >= 4 is 43.6 Å². The van der Waals surface area contributed by atoms with Gasteiger partial charge in [0.05, 0.1) is 45.1 Å². The number of hydrogen-bond donors (Lipinski definition) is 0. The summed E-state index contributed by atoms with van der Waals surface area (Å²) in [4.78, 5) is 0. The van der Waals surface area contributed by atoms with E-state index in [9.17, 15) is 5.26 Å². The minimum Gasteiger partial charge on any atom is -0.309 e. The third-order valence-corrected chi connectivity index (χ3v) is 14.2. The first kappa shape index (κ1) is 41.7. The van der Waals surface area contributed by atoms with Crippen molar-refractivity contribution in [3.8, 4) is 73.1 Å². The molecule has 0 N–H and O–H groups in total. The Morgan fingerprint density at radius 1 is 0.319 bits per heavy atom.